The summed E-state index contributed by atoms with van der Waals surface area (Å²) in [5.74, 6) is 2.57. The first-order valence-corrected chi connectivity index (χ1v) is 17.9. The Morgan fingerprint density at radius 3 is 2.03 bits per heavy atom. The number of rotatable bonds is 8. The van der Waals surface area contributed by atoms with Gasteiger partial charge in [0.05, 0.1) is 0 Å². The summed E-state index contributed by atoms with van der Waals surface area (Å²) in [6.07, 6.45) is 19.9. The maximum absolute atomic E-state index is 9.05. The molecular formula is C28H34IOPRh+. The normalized spacial score (nSPS) is 20.6. The molecular weight excluding hydrogens is 613 g/mol. The summed E-state index contributed by atoms with van der Waals surface area (Å²) in [5, 5.41) is 3.05. The van der Waals surface area contributed by atoms with Crippen molar-refractivity contribution in [1.29, 1.82) is 0 Å². The van der Waals surface area contributed by atoms with Crippen LogP contribution in [-0.2, 0) is 19.6 Å². The van der Waals surface area contributed by atoms with Crippen LogP contribution in [0.4, 0.5) is 0 Å². The molecule has 0 N–H and O–H groups in total. The van der Waals surface area contributed by atoms with Gasteiger partial charge in [0.25, 0.3) is 0 Å². The first-order valence-electron chi connectivity index (χ1n) is 11.5. The zero-order chi connectivity index (χ0) is 23.0. The molecule has 4 rings (SSSR count). The van der Waals surface area contributed by atoms with Crippen LogP contribution in [-0.4, -0.2) is 12.4 Å². The molecule has 0 amide bonds. The van der Waals surface area contributed by atoms with E-state index in [4.69, 9.17) is 4.79 Å². The van der Waals surface area contributed by atoms with E-state index in [0.717, 1.165) is 17.8 Å². The Kier molecular flexibility index (Phi) is 14.6. The second-order valence-electron chi connectivity index (χ2n) is 8.16. The number of benzene rings is 2. The van der Waals surface area contributed by atoms with E-state index in [0.29, 0.717) is 6.42 Å². The topological polar surface area (TPSA) is 17.1 Å². The SMILES string of the molecule is C1=CC2CCC(CCCCP(c3ccccc3)c3ccccc3)C2C=C1.CC[C-]=O.[Rh+2][I]. The number of hydrogen-bond donors (Lipinski definition) is 0. The van der Waals surface area contributed by atoms with E-state index >= 15 is 0 Å². The van der Waals surface area contributed by atoms with Crippen molar-refractivity contribution < 1.29 is 19.6 Å². The summed E-state index contributed by atoms with van der Waals surface area (Å²) in [5.41, 5.74) is 0. The van der Waals surface area contributed by atoms with Gasteiger partial charge in [-0.1, -0.05) is 98.3 Å². The zero-order valence-electron chi connectivity index (χ0n) is 18.8. The number of hydrogen-bond acceptors (Lipinski definition) is 1. The average Bonchev–Trinajstić information content (AvgIpc) is 3.29. The van der Waals surface area contributed by atoms with Crippen LogP contribution in [0, 0.1) is 17.8 Å². The minimum atomic E-state index is -0.215. The van der Waals surface area contributed by atoms with Gasteiger partial charge in [-0.05, 0) is 68.1 Å². The zero-order valence-corrected chi connectivity index (χ0v) is 23.5. The molecule has 0 radical (unpaired) electrons. The van der Waals surface area contributed by atoms with E-state index in [-0.39, 0.29) is 7.92 Å². The van der Waals surface area contributed by atoms with Crippen LogP contribution in [0.3, 0.4) is 0 Å². The van der Waals surface area contributed by atoms with Gasteiger partial charge < -0.3 is 4.79 Å². The van der Waals surface area contributed by atoms with E-state index in [9.17, 15) is 0 Å². The molecule has 32 heavy (non-hydrogen) atoms. The summed E-state index contributed by atoms with van der Waals surface area (Å²) in [6, 6.07) is 22.3. The van der Waals surface area contributed by atoms with Gasteiger partial charge in [-0.2, -0.15) is 6.42 Å². The van der Waals surface area contributed by atoms with Gasteiger partial charge in [0, 0.05) is 0 Å². The fourth-order valence-corrected chi connectivity index (χ4v) is 7.12. The molecule has 1 nitrogen and oxygen atoms in total. The van der Waals surface area contributed by atoms with E-state index in [1.807, 2.05) is 19.8 Å². The number of allylic oxidation sites excluding steroid dienone is 4. The minimum absolute atomic E-state index is 0.215. The average molecular weight is 647 g/mol. The third-order valence-electron chi connectivity index (χ3n) is 6.20. The fourth-order valence-electron chi connectivity index (χ4n) is 4.70. The summed E-state index contributed by atoms with van der Waals surface area (Å²) in [4.78, 5) is 9.05. The number of fused-ring (bicyclic) bond motifs is 1. The monoisotopic (exact) mass is 647 g/mol. The molecule has 1 fully saturated rings. The van der Waals surface area contributed by atoms with E-state index < -0.39 is 0 Å². The standard InChI is InChI=1S/C25H29P.C3H5O.HI.Rh/c1-3-13-23(14-4-1)26(24-15-5-2-6-16-24)20-10-9-12-22-19-18-21-11-7-8-17-25(21)22;1-2-3-4;;/h1-8,11,13-17,21-22,25H,9-10,12,18-20H2;2H2,1H3;1H;/q;-1;;+3/p-1. The van der Waals surface area contributed by atoms with E-state index in [2.05, 4.69) is 99.8 Å². The molecule has 3 atom stereocenters. The molecule has 4 heteroatoms. The first kappa shape index (κ1) is 27.6. The molecule has 2 aromatic rings. The molecule has 0 aromatic heterocycles. The maximum atomic E-state index is 9.05. The van der Waals surface area contributed by atoms with Crippen LogP contribution in [0.15, 0.2) is 85.0 Å². The van der Waals surface area contributed by atoms with Crippen molar-refractivity contribution in [3.63, 3.8) is 0 Å². The van der Waals surface area contributed by atoms with Gasteiger partial charge in [0.2, 0.25) is 0 Å². The Balaban J connectivity index is 0.000000547. The molecule has 0 aliphatic heterocycles. The van der Waals surface area contributed by atoms with Crippen LogP contribution in [0.25, 0.3) is 0 Å². The van der Waals surface area contributed by atoms with Gasteiger partial charge in [0.15, 0.2) is 0 Å². The summed E-state index contributed by atoms with van der Waals surface area (Å²) in [7, 11) is -0.215. The molecule has 1 saturated carbocycles. The van der Waals surface area contributed by atoms with Crippen molar-refractivity contribution in [3.8, 4) is 0 Å². The summed E-state index contributed by atoms with van der Waals surface area (Å²) < 4.78 is 0. The number of halogens is 1. The molecule has 2 aliphatic rings. The molecule has 0 bridgehead atoms. The molecule has 0 saturated heterocycles. The van der Waals surface area contributed by atoms with Crippen molar-refractivity contribution >= 4 is 44.6 Å². The first-order chi connectivity index (χ1) is 15.8. The van der Waals surface area contributed by atoms with Gasteiger partial charge in [-0.3, -0.25) is 6.29 Å². The molecule has 172 valence electrons. The van der Waals surface area contributed by atoms with Crippen LogP contribution in [0.2, 0.25) is 0 Å². The Morgan fingerprint density at radius 1 is 0.906 bits per heavy atom. The van der Waals surface area contributed by atoms with Gasteiger partial charge in [0.1, 0.15) is 0 Å². The predicted octanol–water partition coefficient (Wildman–Crippen LogP) is 7.45. The number of carbonyl (C=O) groups excluding carboxylic acids is 1. The van der Waals surface area contributed by atoms with E-state index in [1.54, 1.807) is 13.2 Å². The van der Waals surface area contributed by atoms with Crippen LogP contribution in [0.5, 0.6) is 0 Å². The second-order valence-corrected chi connectivity index (χ2v) is 10.5. The number of unbranched alkanes of at least 4 members (excludes halogenated alkanes) is 1. The predicted molar refractivity (Wildman–Crippen MR) is 146 cm³/mol. The Labute approximate surface area is 217 Å². The van der Waals surface area contributed by atoms with Crippen LogP contribution in [0.1, 0.15) is 45.4 Å². The Morgan fingerprint density at radius 2 is 1.47 bits per heavy atom. The van der Waals surface area contributed by atoms with Crippen molar-refractivity contribution in [3.05, 3.63) is 85.0 Å². The van der Waals surface area contributed by atoms with Crippen molar-refractivity contribution in [2.75, 3.05) is 6.16 Å². The third kappa shape index (κ3) is 8.96. The molecule has 2 aromatic carbocycles. The molecule has 3 unspecified atom stereocenters. The van der Waals surface area contributed by atoms with Gasteiger partial charge >= 0.3 is 34.5 Å². The quantitative estimate of drug-likeness (QED) is 0.0958. The van der Waals surface area contributed by atoms with Crippen LogP contribution < -0.4 is 10.6 Å². The Hall–Kier alpha value is -0.627. The molecule has 0 heterocycles. The third-order valence-corrected chi connectivity index (χ3v) is 8.81. The Bertz CT molecular complexity index is 769. The van der Waals surface area contributed by atoms with Crippen molar-refractivity contribution in [1.82, 2.24) is 0 Å². The summed E-state index contributed by atoms with van der Waals surface area (Å²) >= 11 is 4.56. The van der Waals surface area contributed by atoms with Gasteiger partial charge in [-0.15, -0.1) is 0 Å². The van der Waals surface area contributed by atoms with Gasteiger partial charge in [-0.25, -0.2) is 0 Å². The molecule has 2 aliphatic carbocycles. The molecule has 0 spiro atoms. The fraction of sp³-hybridized carbons (Fsp3) is 0.393. The summed E-state index contributed by atoms with van der Waals surface area (Å²) in [6.45, 7) is 1.76. The van der Waals surface area contributed by atoms with Crippen LogP contribution >= 0.6 is 27.7 Å². The van der Waals surface area contributed by atoms with E-state index in [1.165, 1.54) is 48.9 Å². The van der Waals surface area contributed by atoms with Crippen molar-refractivity contribution in [2.24, 2.45) is 17.8 Å². The second kappa shape index (κ2) is 16.9. The van der Waals surface area contributed by atoms with Crippen molar-refractivity contribution in [2.45, 2.75) is 45.4 Å².